The predicted octanol–water partition coefficient (Wildman–Crippen LogP) is 1.87. The van der Waals surface area contributed by atoms with Gasteiger partial charge >= 0.3 is 7.80 Å². The summed E-state index contributed by atoms with van der Waals surface area (Å²) in [6, 6.07) is 4.75. The van der Waals surface area contributed by atoms with Crippen LogP contribution in [-0.4, -0.2) is 30.4 Å². The fraction of sp³-hybridized carbons (Fsp3) is 0.444. The Balaban J connectivity index is 2.12. The summed E-state index contributed by atoms with van der Waals surface area (Å²) in [6.07, 6.45) is 1.38. The molecule has 0 unspecified atom stereocenters. The Labute approximate surface area is 82.7 Å². The number of anilines is 1. The van der Waals surface area contributed by atoms with Crippen LogP contribution in [0.25, 0.3) is 0 Å². The van der Waals surface area contributed by atoms with Crippen molar-refractivity contribution in [2.45, 2.75) is 0 Å². The average molecular weight is 213 g/mol. The third kappa shape index (κ3) is 2.07. The zero-order valence-corrected chi connectivity index (χ0v) is 8.58. The average Bonchev–Trinajstić information content (AvgIpc) is 2.19. The van der Waals surface area contributed by atoms with Gasteiger partial charge in [-0.25, -0.2) is 4.98 Å². The monoisotopic (exact) mass is 213 g/mol. The fourth-order valence-electron chi connectivity index (χ4n) is 1.49. The lowest BCUT2D eigenvalue weighted by Gasteiger charge is -2.22. The molecule has 14 heavy (non-hydrogen) atoms. The topological polar surface area (TPSA) is 33.2 Å². The van der Waals surface area contributed by atoms with Crippen LogP contribution in [0.3, 0.4) is 0 Å². The Morgan fingerprint density at radius 3 is 2.71 bits per heavy atom. The molecule has 1 fully saturated rings. The van der Waals surface area contributed by atoms with Gasteiger partial charge in [-0.2, -0.15) is 4.39 Å². The third-order valence-electron chi connectivity index (χ3n) is 2.26. The van der Waals surface area contributed by atoms with Crippen molar-refractivity contribution in [3.05, 3.63) is 24.1 Å². The molecule has 0 radical (unpaired) electrons. The van der Waals surface area contributed by atoms with Crippen LogP contribution in [0.4, 0.5) is 10.2 Å². The van der Waals surface area contributed by atoms with Gasteiger partial charge in [-0.3, -0.25) is 0 Å². The summed E-state index contributed by atoms with van der Waals surface area (Å²) in [4.78, 5) is 5.76. The minimum absolute atomic E-state index is 0.461. The van der Waals surface area contributed by atoms with Gasteiger partial charge in [0.05, 0.1) is 13.1 Å². The molecule has 74 valence electrons. The van der Waals surface area contributed by atoms with Crippen molar-refractivity contribution < 1.29 is 8.96 Å². The second kappa shape index (κ2) is 4.01. The van der Waals surface area contributed by atoms with Crippen LogP contribution in [0.15, 0.2) is 18.2 Å². The van der Waals surface area contributed by atoms with Crippen molar-refractivity contribution in [3.8, 4) is 0 Å². The lowest BCUT2D eigenvalue weighted by molar-refractivity contribution is 0.575. The Kier molecular flexibility index (Phi) is 2.73. The van der Waals surface area contributed by atoms with Gasteiger partial charge < -0.3 is 4.90 Å². The molecule has 0 bridgehead atoms. The Morgan fingerprint density at radius 1 is 1.36 bits per heavy atom. The molecule has 2 rings (SSSR count). The van der Waals surface area contributed by atoms with Gasteiger partial charge in [0.2, 0.25) is 5.95 Å². The maximum atomic E-state index is 12.8. The van der Waals surface area contributed by atoms with E-state index < -0.39 is 13.7 Å². The Morgan fingerprint density at radius 2 is 2.07 bits per heavy atom. The smallest absolute Gasteiger partial charge is 0.342 e. The molecule has 0 saturated carbocycles. The molecule has 0 spiro atoms. The standard InChI is InChI=1S/C9H11FN2OP/c10-8-2-1-3-9(11-8)12-4-6-14(13)7-5-12/h1-3H,4-7H2/q+1. The summed E-state index contributed by atoms with van der Waals surface area (Å²) in [6.45, 7) is 1.43. The highest BCUT2D eigenvalue weighted by Crippen LogP contribution is 2.26. The van der Waals surface area contributed by atoms with Gasteiger partial charge in [0.15, 0.2) is 12.3 Å². The van der Waals surface area contributed by atoms with Crippen LogP contribution in [0.5, 0.6) is 0 Å². The van der Waals surface area contributed by atoms with Crippen molar-refractivity contribution in [2.24, 2.45) is 0 Å². The molecule has 0 aliphatic carbocycles. The maximum Gasteiger partial charge on any atom is 0.342 e. The van der Waals surface area contributed by atoms with Crippen LogP contribution in [-0.2, 0) is 4.57 Å². The number of pyridine rings is 1. The van der Waals surface area contributed by atoms with Crippen molar-refractivity contribution in [2.75, 3.05) is 30.3 Å². The summed E-state index contributed by atoms with van der Waals surface area (Å²) in [5, 5.41) is 0. The molecule has 1 aromatic heterocycles. The first kappa shape index (κ1) is 9.53. The highest BCUT2D eigenvalue weighted by molar-refractivity contribution is 7.44. The first-order valence-corrected chi connectivity index (χ1v) is 6.18. The largest absolute Gasteiger partial charge is 0.348 e. The van der Waals surface area contributed by atoms with E-state index in [2.05, 4.69) is 4.98 Å². The third-order valence-corrected chi connectivity index (χ3v) is 3.66. The number of hydrogen-bond donors (Lipinski definition) is 0. The SMILES string of the molecule is O=[P+]1CCN(c2cccc(F)n2)CC1. The first-order valence-electron chi connectivity index (χ1n) is 4.55. The molecule has 0 aromatic carbocycles. The summed E-state index contributed by atoms with van der Waals surface area (Å²) in [7, 11) is -1.03. The van der Waals surface area contributed by atoms with Crippen molar-refractivity contribution in [1.29, 1.82) is 0 Å². The highest BCUT2D eigenvalue weighted by atomic mass is 31.1. The molecule has 0 N–H and O–H groups in total. The Hall–Kier alpha value is -1.02. The van der Waals surface area contributed by atoms with Gasteiger partial charge in [-0.15, -0.1) is 0 Å². The molecule has 1 aromatic rings. The van der Waals surface area contributed by atoms with E-state index in [-0.39, 0.29) is 0 Å². The van der Waals surface area contributed by atoms with E-state index in [0.717, 1.165) is 0 Å². The molecule has 1 saturated heterocycles. The molecule has 2 heterocycles. The van der Waals surface area contributed by atoms with Crippen LogP contribution >= 0.6 is 7.80 Å². The van der Waals surface area contributed by atoms with E-state index in [1.165, 1.54) is 6.07 Å². The second-order valence-corrected chi connectivity index (χ2v) is 5.09. The van der Waals surface area contributed by atoms with Crippen LogP contribution in [0, 0.1) is 5.95 Å². The van der Waals surface area contributed by atoms with Crippen LogP contribution < -0.4 is 4.90 Å². The van der Waals surface area contributed by atoms with Gasteiger partial charge in [-0.05, 0) is 12.1 Å². The van der Waals surface area contributed by atoms with Crippen molar-refractivity contribution in [1.82, 2.24) is 4.98 Å². The van der Waals surface area contributed by atoms with Crippen molar-refractivity contribution in [3.63, 3.8) is 0 Å². The molecule has 0 atom stereocenters. The number of halogens is 1. The van der Waals surface area contributed by atoms with Gasteiger partial charge in [0, 0.05) is 0 Å². The summed E-state index contributed by atoms with van der Waals surface area (Å²) in [5.74, 6) is 0.186. The van der Waals surface area contributed by atoms with E-state index in [0.29, 0.717) is 31.2 Å². The maximum absolute atomic E-state index is 12.8. The lowest BCUT2D eigenvalue weighted by atomic mass is 10.4. The zero-order valence-electron chi connectivity index (χ0n) is 7.69. The molecule has 1 aliphatic rings. The van der Waals surface area contributed by atoms with Gasteiger partial charge in [0.1, 0.15) is 5.82 Å². The number of rotatable bonds is 1. The molecule has 0 amide bonds. The number of hydrogen-bond acceptors (Lipinski definition) is 3. The lowest BCUT2D eigenvalue weighted by Crippen LogP contribution is -2.33. The van der Waals surface area contributed by atoms with E-state index in [1.54, 1.807) is 12.1 Å². The molecule has 5 heteroatoms. The quantitative estimate of drug-likeness (QED) is 0.527. The fourth-order valence-corrected chi connectivity index (χ4v) is 2.64. The Bertz CT molecular complexity index is 348. The van der Waals surface area contributed by atoms with E-state index in [4.69, 9.17) is 0 Å². The minimum atomic E-state index is -1.03. The van der Waals surface area contributed by atoms with E-state index in [9.17, 15) is 8.96 Å². The van der Waals surface area contributed by atoms with E-state index in [1.807, 2.05) is 4.90 Å². The highest BCUT2D eigenvalue weighted by Gasteiger charge is 2.25. The minimum Gasteiger partial charge on any atom is -0.348 e. The molecular formula is C9H11FN2OP+. The van der Waals surface area contributed by atoms with Gasteiger partial charge in [0.25, 0.3) is 0 Å². The van der Waals surface area contributed by atoms with Crippen LogP contribution in [0.2, 0.25) is 0 Å². The second-order valence-electron chi connectivity index (χ2n) is 3.23. The van der Waals surface area contributed by atoms with Crippen molar-refractivity contribution >= 4 is 13.6 Å². The molecule has 3 nitrogen and oxygen atoms in total. The summed E-state index contributed by atoms with van der Waals surface area (Å²) in [5.41, 5.74) is 0. The number of aromatic nitrogens is 1. The summed E-state index contributed by atoms with van der Waals surface area (Å²) >= 11 is 0. The first-order chi connectivity index (χ1) is 6.75. The van der Waals surface area contributed by atoms with Gasteiger partial charge in [-0.1, -0.05) is 10.6 Å². The molecular weight excluding hydrogens is 202 g/mol. The normalized spacial score (nSPS) is 17.2. The van der Waals surface area contributed by atoms with E-state index >= 15 is 0 Å². The predicted molar refractivity (Wildman–Crippen MR) is 53.7 cm³/mol. The molecule has 1 aliphatic heterocycles. The zero-order chi connectivity index (χ0) is 9.97. The summed E-state index contributed by atoms with van der Waals surface area (Å²) < 4.78 is 23.9. The van der Waals surface area contributed by atoms with Crippen LogP contribution in [0.1, 0.15) is 0 Å². The number of nitrogens with zero attached hydrogens (tertiary/aromatic N) is 2.